The molecule has 0 aliphatic carbocycles. The van der Waals surface area contributed by atoms with E-state index < -0.39 is 0 Å². The summed E-state index contributed by atoms with van der Waals surface area (Å²) in [7, 11) is 0. The second kappa shape index (κ2) is 7.27. The fourth-order valence-corrected chi connectivity index (χ4v) is 2.90. The van der Waals surface area contributed by atoms with Crippen molar-refractivity contribution in [2.24, 2.45) is 5.92 Å². The van der Waals surface area contributed by atoms with Crippen molar-refractivity contribution in [2.75, 3.05) is 19.7 Å². The zero-order valence-corrected chi connectivity index (χ0v) is 13.4. The number of likely N-dealkylation sites (tertiary alicyclic amines) is 1. The van der Waals surface area contributed by atoms with Crippen LogP contribution in [-0.4, -0.2) is 35.5 Å². The van der Waals surface area contributed by atoms with E-state index in [0.717, 1.165) is 42.9 Å². The third-order valence-electron chi connectivity index (χ3n) is 4.20. The number of hydrogen-bond acceptors (Lipinski definition) is 3. The van der Waals surface area contributed by atoms with E-state index in [4.69, 9.17) is 4.74 Å². The molecular weight excluding hydrogens is 288 g/mol. The third kappa shape index (κ3) is 4.09. The molecule has 1 unspecified atom stereocenters. The largest absolute Gasteiger partial charge is 0.492 e. The lowest BCUT2D eigenvalue weighted by Crippen LogP contribution is -2.41. The van der Waals surface area contributed by atoms with Gasteiger partial charge in [-0.3, -0.25) is 9.78 Å². The first-order valence-corrected chi connectivity index (χ1v) is 8.12. The number of carbonyl (C=O) groups is 1. The summed E-state index contributed by atoms with van der Waals surface area (Å²) >= 11 is 0. The third-order valence-corrected chi connectivity index (χ3v) is 4.20. The molecule has 0 N–H and O–H groups in total. The van der Waals surface area contributed by atoms with E-state index in [9.17, 15) is 4.79 Å². The van der Waals surface area contributed by atoms with Gasteiger partial charge in [-0.25, -0.2) is 0 Å². The molecule has 1 saturated heterocycles. The summed E-state index contributed by atoms with van der Waals surface area (Å²) in [4.78, 5) is 18.7. The molecular formula is C19H22N2O2. The SMILES string of the molecule is Cc1ccc(OCC2CCCN(C(=O)c3ccccc3)C2)cn1. The number of rotatable bonds is 4. The molecule has 1 amide bonds. The summed E-state index contributed by atoms with van der Waals surface area (Å²) in [5, 5.41) is 0. The fourth-order valence-electron chi connectivity index (χ4n) is 2.90. The highest BCUT2D eigenvalue weighted by molar-refractivity contribution is 5.94. The maximum atomic E-state index is 12.5. The lowest BCUT2D eigenvalue weighted by Gasteiger charge is -2.32. The van der Waals surface area contributed by atoms with Gasteiger partial charge in [0, 0.05) is 30.3 Å². The van der Waals surface area contributed by atoms with Crippen LogP contribution in [0.25, 0.3) is 0 Å². The van der Waals surface area contributed by atoms with Gasteiger partial charge in [-0.2, -0.15) is 0 Å². The molecule has 0 spiro atoms. The van der Waals surface area contributed by atoms with Gasteiger partial charge >= 0.3 is 0 Å². The normalized spacial score (nSPS) is 17.8. The highest BCUT2D eigenvalue weighted by atomic mass is 16.5. The van der Waals surface area contributed by atoms with Crippen molar-refractivity contribution in [1.82, 2.24) is 9.88 Å². The van der Waals surface area contributed by atoms with E-state index >= 15 is 0 Å². The first-order chi connectivity index (χ1) is 11.2. The minimum Gasteiger partial charge on any atom is -0.492 e. The summed E-state index contributed by atoms with van der Waals surface area (Å²) in [5.74, 6) is 1.28. The average molecular weight is 310 g/mol. The van der Waals surface area contributed by atoms with Crippen molar-refractivity contribution in [2.45, 2.75) is 19.8 Å². The molecule has 3 rings (SSSR count). The topological polar surface area (TPSA) is 42.4 Å². The molecule has 1 aliphatic heterocycles. The molecule has 2 heterocycles. The van der Waals surface area contributed by atoms with Crippen LogP contribution in [0.2, 0.25) is 0 Å². The van der Waals surface area contributed by atoms with Gasteiger partial charge in [0.2, 0.25) is 0 Å². The first kappa shape index (κ1) is 15.5. The Kier molecular flexibility index (Phi) is 4.91. The van der Waals surface area contributed by atoms with Crippen LogP contribution >= 0.6 is 0 Å². The van der Waals surface area contributed by atoms with Crippen molar-refractivity contribution in [3.63, 3.8) is 0 Å². The van der Waals surface area contributed by atoms with Crippen LogP contribution in [0.3, 0.4) is 0 Å². The molecule has 1 aliphatic rings. The zero-order chi connectivity index (χ0) is 16.1. The van der Waals surface area contributed by atoms with Crippen LogP contribution in [0, 0.1) is 12.8 Å². The van der Waals surface area contributed by atoms with Gasteiger partial charge in [-0.1, -0.05) is 18.2 Å². The lowest BCUT2D eigenvalue weighted by molar-refractivity contribution is 0.0633. The predicted octanol–water partition coefficient (Wildman–Crippen LogP) is 3.32. The monoisotopic (exact) mass is 310 g/mol. The molecule has 4 heteroatoms. The number of hydrogen-bond donors (Lipinski definition) is 0. The van der Waals surface area contributed by atoms with Gasteiger partial charge < -0.3 is 9.64 Å². The molecule has 1 aromatic carbocycles. The van der Waals surface area contributed by atoms with E-state index in [1.165, 1.54) is 0 Å². The van der Waals surface area contributed by atoms with Gasteiger partial charge in [0.15, 0.2) is 0 Å². The summed E-state index contributed by atoms with van der Waals surface area (Å²) < 4.78 is 5.83. The van der Waals surface area contributed by atoms with Crippen molar-refractivity contribution < 1.29 is 9.53 Å². The Morgan fingerprint density at radius 3 is 2.83 bits per heavy atom. The lowest BCUT2D eigenvalue weighted by atomic mass is 9.98. The Morgan fingerprint density at radius 1 is 1.26 bits per heavy atom. The molecule has 23 heavy (non-hydrogen) atoms. The number of benzene rings is 1. The summed E-state index contributed by atoms with van der Waals surface area (Å²) in [6.45, 7) is 4.17. The summed E-state index contributed by atoms with van der Waals surface area (Å²) in [5.41, 5.74) is 1.74. The highest BCUT2D eigenvalue weighted by Crippen LogP contribution is 2.20. The van der Waals surface area contributed by atoms with Gasteiger partial charge in [0.25, 0.3) is 5.91 Å². The number of piperidine rings is 1. The maximum absolute atomic E-state index is 12.5. The number of carbonyl (C=O) groups excluding carboxylic acids is 1. The van der Waals surface area contributed by atoms with Crippen LogP contribution in [0.5, 0.6) is 5.75 Å². The number of aromatic nitrogens is 1. The van der Waals surface area contributed by atoms with Gasteiger partial charge in [0.05, 0.1) is 12.8 Å². The Hall–Kier alpha value is -2.36. The Bertz CT molecular complexity index is 640. The molecule has 2 aromatic rings. The molecule has 120 valence electrons. The minimum atomic E-state index is 0.118. The van der Waals surface area contributed by atoms with Crippen LogP contribution in [0.1, 0.15) is 28.9 Å². The zero-order valence-electron chi connectivity index (χ0n) is 13.4. The van der Waals surface area contributed by atoms with Crippen LogP contribution in [0.15, 0.2) is 48.7 Å². The second-order valence-electron chi connectivity index (χ2n) is 6.07. The highest BCUT2D eigenvalue weighted by Gasteiger charge is 2.24. The van der Waals surface area contributed by atoms with E-state index in [2.05, 4.69) is 4.98 Å². The van der Waals surface area contributed by atoms with E-state index in [-0.39, 0.29) is 5.91 Å². The molecule has 0 bridgehead atoms. The number of amides is 1. The van der Waals surface area contributed by atoms with Crippen molar-refractivity contribution in [3.8, 4) is 5.75 Å². The fraction of sp³-hybridized carbons (Fsp3) is 0.368. The van der Waals surface area contributed by atoms with Crippen LogP contribution in [-0.2, 0) is 0 Å². The van der Waals surface area contributed by atoms with Crippen LogP contribution in [0.4, 0.5) is 0 Å². The quantitative estimate of drug-likeness (QED) is 0.870. The second-order valence-corrected chi connectivity index (χ2v) is 6.07. The van der Waals surface area contributed by atoms with E-state index in [1.54, 1.807) is 6.20 Å². The van der Waals surface area contributed by atoms with E-state index in [0.29, 0.717) is 12.5 Å². The average Bonchev–Trinajstić information content (AvgIpc) is 2.61. The number of nitrogens with zero attached hydrogens (tertiary/aromatic N) is 2. The van der Waals surface area contributed by atoms with Crippen molar-refractivity contribution >= 4 is 5.91 Å². The molecule has 1 atom stereocenters. The Balaban J connectivity index is 1.56. The Morgan fingerprint density at radius 2 is 2.09 bits per heavy atom. The summed E-state index contributed by atoms with van der Waals surface area (Å²) in [6, 6.07) is 13.4. The molecule has 1 aromatic heterocycles. The predicted molar refractivity (Wildman–Crippen MR) is 89.5 cm³/mol. The minimum absolute atomic E-state index is 0.118. The molecule has 0 radical (unpaired) electrons. The standard InChI is InChI=1S/C19H22N2O2/c1-15-9-10-18(12-20-15)23-14-16-6-5-11-21(13-16)19(22)17-7-3-2-4-8-17/h2-4,7-10,12,16H,5-6,11,13-14H2,1H3. The van der Waals surface area contributed by atoms with E-state index in [1.807, 2.05) is 54.3 Å². The van der Waals surface area contributed by atoms with Crippen LogP contribution < -0.4 is 4.74 Å². The van der Waals surface area contributed by atoms with Gasteiger partial charge in [0.1, 0.15) is 5.75 Å². The van der Waals surface area contributed by atoms with Crippen molar-refractivity contribution in [3.05, 3.63) is 59.9 Å². The van der Waals surface area contributed by atoms with Gasteiger partial charge in [-0.05, 0) is 44.0 Å². The molecule has 1 fully saturated rings. The molecule has 0 saturated carbocycles. The van der Waals surface area contributed by atoms with Gasteiger partial charge in [-0.15, -0.1) is 0 Å². The number of ether oxygens (including phenoxy) is 1. The molecule has 4 nitrogen and oxygen atoms in total. The number of pyridine rings is 1. The maximum Gasteiger partial charge on any atom is 0.253 e. The Labute approximate surface area is 137 Å². The smallest absolute Gasteiger partial charge is 0.253 e. The van der Waals surface area contributed by atoms with Crippen molar-refractivity contribution in [1.29, 1.82) is 0 Å². The summed E-state index contributed by atoms with van der Waals surface area (Å²) in [6.07, 6.45) is 3.88. The number of aryl methyl sites for hydroxylation is 1. The first-order valence-electron chi connectivity index (χ1n) is 8.12.